The van der Waals surface area contributed by atoms with Gasteiger partial charge < -0.3 is 0 Å². The molecule has 1 aromatic rings. The van der Waals surface area contributed by atoms with Crippen molar-refractivity contribution in [2.75, 3.05) is 11.5 Å². The number of halogens is 2. The van der Waals surface area contributed by atoms with Crippen molar-refractivity contribution in [2.24, 2.45) is 0 Å². The number of nitrogens with one attached hydrogen (secondary N) is 1. The van der Waals surface area contributed by atoms with Crippen LogP contribution in [0.2, 0.25) is 10.0 Å². The summed E-state index contributed by atoms with van der Waals surface area (Å²) in [6.07, 6.45) is 0.264. The Morgan fingerprint density at radius 1 is 1.26 bits per heavy atom. The normalized spacial score (nSPS) is 22.5. The monoisotopic (exact) mass is 343 g/mol. The van der Waals surface area contributed by atoms with Crippen LogP contribution in [0, 0.1) is 0 Å². The third-order valence-electron chi connectivity index (χ3n) is 2.74. The van der Waals surface area contributed by atoms with Gasteiger partial charge in [-0.3, -0.25) is 0 Å². The molecular formula is C10H11Cl2NO4S2. The number of benzene rings is 1. The standard InChI is InChI=1S/C10H11Cl2NO4S2/c11-7-1-2-9(12)10(5-7)19(16,17)13-8-3-4-18(14,15)6-8/h1-2,5,8,13H,3-4,6H2/t8-/m0/s1. The summed E-state index contributed by atoms with van der Waals surface area (Å²) in [6, 6.07) is 3.47. The maximum Gasteiger partial charge on any atom is 0.242 e. The summed E-state index contributed by atoms with van der Waals surface area (Å²) in [6.45, 7) is 0. The van der Waals surface area contributed by atoms with Crippen LogP contribution in [-0.2, 0) is 19.9 Å². The molecule has 1 aromatic carbocycles. The zero-order chi connectivity index (χ0) is 14.3. The molecular weight excluding hydrogens is 333 g/mol. The van der Waals surface area contributed by atoms with Crippen molar-refractivity contribution in [1.82, 2.24) is 4.72 Å². The van der Waals surface area contributed by atoms with Gasteiger partial charge in [-0.2, -0.15) is 0 Å². The molecule has 5 nitrogen and oxygen atoms in total. The lowest BCUT2D eigenvalue weighted by atomic mass is 10.3. The van der Waals surface area contributed by atoms with E-state index in [9.17, 15) is 16.8 Å². The predicted octanol–water partition coefficient (Wildman–Crippen LogP) is 1.46. The summed E-state index contributed by atoms with van der Waals surface area (Å²) in [4.78, 5) is -0.147. The van der Waals surface area contributed by atoms with Gasteiger partial charge in [-0.05, 0) is 24.6 Å². The molecule has 0 bridgehead atoms. The Bertz CT molecular complexity index is 700. The zero-order valence-electron chi connectivity index (χ0n) is 9.64. The third kappa shape index (κ3) is 3.61. The first-order valence-corrected chi connectivity index (χ1v) is 9.43. The maximum absolute atomic E-state index is 12.1. The highest BCUT2D eigenvalue weighted by molar-refractivity contribution is 7.92. The number of sulfone groups is 1. The van der Waals surface area contributed by atoms with E-state index in [1.54, 1.807) is 0 Å². The molecule has 9 heteroatoms. The largest absolute Gasteiger partial charge is 0.242 e. The first-order valence-electron chi connectivity index (χ1n) is 5.37. The maximum atomic E-state index is 12.1. The number of hydrogen-bond acceptors (Lipinski definition) is 4. The fourth-order valence-corrected chi connectivity index (χ4v) is 5.67. The van der Waals surface area contributed by atoms with Gasteiger partial charge in [0, 0.05) is 11.1 Å². The number of sulfonamides is 1. The molecule has 106 valence electrons. The van der Waals surface area contributed by atoms with Gasteiger partial charge in [-0.1, -0.05) is 23.2 Å². The summed E-state index contributed by atoms with van der Waals surface area (Å²) in [5.41, 5.74) is 0. The molecule has 1 aliphatic heterocycles. The first kappa shape index (κ1) is 15.1. The van der Waals surface area contributed by atoms with Crippen molar-refractivity contribution in [1.29, 1.82) is 0 Å². The molecule has 0 unspecified atom stereocenters. The molecule has 1 fully saturated rings. The van der Waals surface area contributed by atoms with Crippen molar-refractivity contribution in [3.8, 4) is 0 Å². The van der Waals surface area contributed by atoms with E-state index in [2.05, 4.69) is 4.72 Å². The van der Waals surface area contributed by atoms with Crippen molar-refractivity contribution in [2.45, 2.75) is 17.4 Å². The number of hydrogen-bond donors (Lipinski definition) is 1. The average Bonchev–Trinajstić information content (AvgIpc) is 2.60. The van der Waals surface area contributed by atoms with Gasteiger partial charge in [0.1, 0.15) is 4.90 Å². The van der Waals surface area contributed by atoms with Crippen LogP contribution < -0.4 is 4.72 Å². The van der Waals surface area contributed by atoms with Gasteiger partial charge in [-0.15, -0.1) is 0 Å². The van der Waals surface area contributed by atoms with Crippen LogP contribution in [0.1, 0.15) is 6.42 Å². The second-order valence-electron chi connectivity index (χ2n) is 4.30. The van der Waals surface area contributed by atoms with Gasteiger partial charge >= 0.3 is 0 Å². The van der Waals surface area contributed by atoms with Crippen molar-refractivity contribution < 1.29 is 16.8 Å². The fraction of sp³-hybridized carbons (Fsp3) is 0.400. The van der Waals surface area contributed by atoms with Crippen LogP contribution >= 0.6 is 23.2 Å². The molecule has 0 radical (unpaired) electrons. The Labute approximate surface area is 121 Å². The zero-order valence-corrected chi connectivity index (χ0v) is 12.8. The lowest BCUT2D eigenvalue weighted by molar-refractivity contribution is 0.562. The summed E-state index contributed by atoms with van der Waals surface area (Å²) in [7, 11) is -7.03. The average molecular weight is 344 g/mol. The molecule has 1 atom stereocenters. The molecule has 0 spiro atoms. The number of rotatable bonds is 3. The van der Waals surface area contributed by atoms with E-state index in [-0.39, 0.29) is 32.9 Å². The summed E-state index contributed by atoms with van der Waals surface area (Å²) >= 11 is 11.6. The van der Waals surface area contributed by atoms with E-state index < -0.39 is 25.9 Å². The van der Waals surface area contributed by atoms with Gasteiger partial charge in [0.15, 0.2) is 9.84 Å². The smallest absolute Gasteiger partial charge is 0.229 e. The highest BCUT2D eigenvalue weighted by Gasteiger charge is 2.32. The second kappa shape index (κ2) is 5.21. The molecule has 0 saturated carbocycles. The summed E-state index contributed by atoms with van der Waals surface area (Å²) < 4.78 is 49.2. The Kier molecular flexibility index (Phi) is 4.13. The Hall–Kier alpha value is -0.340. The van der Waals surface area contributed by atoms with Crippen LogP contribution in [0.15, 0.2) is 23.1 Å². The fourth-order valence-electron chi connectivity index (χ4n) is 1.85. The van der Waals surface area contributed by atoms with Crippen LogP contribution in [-0.4, -0.2) is 34.4 Å². The second-order valence-corrected chi connectivity index (χ2v) is 9.05. The van der Waals surface area contributed by atoms with Gasteiger partial charge in [-0.25, -0.2) is 21.6 Å². The van der Waals surface area contributed by atoms with Crippen LogP contribution in [0.4, 0.5) is 0 Å². The Morgan fingerprint density at radius 2 is 1.95 bits per heavy atom. The van der Waals surface area contributed by atoms with E-state index in [0.29, 0.717) is 0 Å². The van der Waals surface area contributed by atoms with Crippen LogP contribution in [0.25, 0.3) is 0 Å². The van der Waals surface area contributed by atoms with Crippen LogP contribution in [0.3, 0.4) is 0 Å². The van der Waals surface area contributed by atoms with E-state index >= 15 is 0 Å². The van der Waals surface area contributed by atoms with Crippen molar-refractivity contribution in [3.63, 3.8) is 0 Å². The molecule has 1 aliphatic rings. The lowest BCUT2D eigenvalue weighted by Gasteiger charge is -2.12. The van der Waals surface area contributed by atoms with Crippen LogP contribution in [0.5, 0.6) is 0 Å². The topological polar surface area (TPSA) is 80.3 Å². The molecule has 1 saturated heterocycles. The van der Waals surface area contributed by atoms with E-state index in [1.165, 1.54) is 18.2 Å². The van der Waals surface area contributed by atoms with Crippen molar-refractivity contribution >= 4 is 43.1 Å². The molecule has 0 aromatic heterocycles. The van der Waals surface area contributed by atoms with Gasteiger partial charge in [0.25, 0.3) is 0 Å². The lowest BCUT2D eigenvalue weighted by Crippen LogP contribution is -2.35. The predicted molar refractivity (Wildman–Crippen MR) is 73.8 cm³/mol. The summed E-state index contributed by atoms with van der Waals surface area (Å²) in [5, 5.41) is 0.279. The molecule has 1 heterocycles. The van der Waals surface area contributed by atoms with Gasteiger partial charge in [0.2, 0.25) is 10.0 Å². The first-order chi connectivity index (χ1) is 8.70. The third-order valence-corrected chi connectivity index (χ3v) is 6.74. The highest BCUT2D eigenvalue weighted by Crippen LogP contribution is 2.25. The minimum Gasteiger partial charge on any atom is -0.229 e. The molecule has 0 amide bonds. The van der Waals surface area contributed by atoms with E-state index in [1.807, 2.05) is 0 Å². The Balaban J connectivity index is 2.26. The van der Waals surface area contributed by atoms with E-state index in [4.69, 9.17) is 23.2 Å². The minimum absolute atomic E-state index is 0.0105. The highest BCUT2D eigenvalue weighted by atomic mass is 35.5. The molecule has 2 rings (SSSR count). The van der Waals surface area contributed by atoms with Crippen molar-refractivity contribution in [3.05, 3.63) is 28.2 Å². The quantitative estimate of drug-likeness (QED) is 0.900. The van der Waals surface area contributed by atoms with E-state index in [0.717, 1.165) is 0 Å². The minimum atomic E-state index is -3.88. The molecule has 1 N–H and O–H groups in total. The molecule has 0 aliphatic carbocycles. The Morgan fingerprint density at radius 3 is 2.53 bits per heavy atom. The SMILES string of the molecule is O=S1(=O)CC[C@H](NS(=O)(=O)c2cc(Cl)ccc2Cl)C1. The molecule has 19 heavy (non-hydrogen) atoms. The summed E-state index contributed by atoms with van der Waals surface area (Å²) in [5.74, 6) is -0.201. The van der Waals surface area contributed by atoms with Gasteiger partial charge in [0.05, 0.1) is 16.5 Å².